The maximum Gasteiger partial charge on any atom is 0.410 e. The molecule has 1 fully saturated rings. The lowest BCUT2D eigenvalue weighted by Crippen LogP contribution is -2.46. The normalized spacial score (nSPS) is 21.9. The van der Waals surface area contributed by atoms with Crippen LogP contribution in [0.2, 0.25) is 0 Å². The Morgan fingerprint density at radius 2 is 2.04 bits per heavy atom. The minimum Gasteiger partial charge on any atom is -0.496 e. The number of nitrogens with zero attached hydrogens (tertiary/aromatic N) is 1. The molecule has 1 amide bonds. The molecule has 2 atom stereocenters. The van der Waals surface area contributed by atoms with Crippen LogP contribution in [0.5, 0.6) is 5.75 Å². The first-order valence-corrected chi connectivity index (χ1v) is 8.07. The maximum absolute atomic E-state index is 12.2. The number of aliphatic hydroxyl groups is 1. The highest BCUT2D eigenvalue weighted by Gasteiger charge is 2.35. The Balaban J connectivity index is 2.12. The molecule has 23 heavy (non-hydrogen) atoms. The molecule has 0 radical (unpaired) electrons. The van der Waals surface area contributed by atoms with E-state index in [1.165, 1.54) is 0 Å². The van der Waals surface area contributed by atoms with E-state index in [4.69, 9.17) is 9.47 Å². The van der Waals surface area contributed by atoms with Gasteiger partial charge in [0, 0.05) is 25.6 Å². The molecule has 1 aliphatic heterocycles. The Morgan fingerprint density at radius 1 is 1.35 bits per heavy atom. The monoisotopic (exact) mass is 321 g/mol. The van der Waals surface area contributed by atoms with Crippen LogP contribution in [0.3, 0.4) is 0 Å². The van der Waals surface area contributed by atoms with Crippen LogP contribution < -0.4 is 4.74 Å². The average molecular weight is 321 g/mol. The number of methoxy groups -OCH3 is 1. The second-order valence-electron chi connectivity index (χ2n) is 7.01. The van der Waals surface area contributed by atoms with Crippen molar-refractivity contribution in [1.82, 2.24) is 4.90 Å². The SMILES string of the molecule is COc1ccccc1[C@@H]1CCN(C(=O)OC(C)(C)C)C[C@H]1CO. The summed E-state index contributed by atoms with van der Waals surface area (Å²) < 4.78 is 10.9. The van der Waals surface area contributed by atoms with E-state index in [1.54, 1.807) is 12.0 Å². The predicted octanol–water partition coefficient (Wildman–Crippen LogP) is 3.03. The molecule has 1 N–H and O–H groups in total. The van der Waals surface area contributed by atoms with E-state index in [0.29, 0.717) is 13.1 Å². The first-order chi connectivity index (χ1) is 10.9. The summed E-state index contributed by atoms with van der Waals surface area (Å²) in [5, 5.41) is 9.80. The van der Waals surface area contributed by atoms with Crippen LogP contribution in [0.15, 0.2) is 24.3 Å². The van der Waals surface area contributed by atoms with Crippen LogP contribution in [-0.4, -0.2) is 48.5 Å². The Kier molecular flexibility index (Phi) is 5.52. The standard InChI is InChI=1S/C18H27NO4/c1-18(2,3)23-17(21)19-10-9-14(13(11-19)12-20)15-7-5-6-8-16(15)22-4/h5-8,13-14,20H,9-12H2,1-4H3/t13-,14+/m0/s1. The topological polar surface area (TPSA) is 59.0 Å². The summed E-state index contributed by atoms with van der Waals surface area (Å²) in [4.78, 5) is 13.9. The van der Waals surface area contributed by atoms with E-state index in [9.17, 15) is 9.90 Å². The molecule has 1 aromatic carbocycles. The number of carbonyl (C=O) groups excluding carboxylic acids is 1. The van der Waals surface area contributed by atoms with Gasteiger partial charge < -0.3 is 19.5 Å². The third kappa shape index (κ3) is 4.38. The van der Waals surface area contributed by atoms with Gasteiger partial charge in [0.15, 0.2) is 0 Å². The molecule has 0 aromatic heterocycles. The number of aliphatic hydroxyl groups excluding tert-OH is 1. The van der Waals surface area contributed by atoms with Crippen molar-refractivity contribution in [2.75, 3.05) is 26.8 Å². The van der Waals surface area contributed by atoms with Crippen molar-refractivity contribution in [3.63, 3.8) is 0 Å². The van der Waals surface area contributed by atoms with Crippen molar-refractivity contribution in [2.24, 2.45) is 5.92 Å². The van der Waals surface area contributed by atoms with Gasteiger partial charge in [-0.05, 0) is 44.7 Å². The largest absolute Gasteiger partial charge is 0.496 e. The molecule has 0 bridgehead atoms. The summed E-state index contributed by atoms with van der Waals surface area (Å²) in [6.07, 6.45) is 0.472. The summed E-state index contributed by atoms with van der Waals surface area (Å²) in [5.41, 5.74) is 0.587. The zero-order valence-corrected chi connectivity index (χ0v) is 14.4. The molecular weight excluding hydrogens is 294 g/mol. The molecule has 1 aliphatic rings. The van der Waals surface area contributed by atoms with Crippen molar-refractivity contribution in [2.45, 2.75) is 38.7 Å². The molecule has 0 saturated carbocycles. The first kappa shape index (κ1) is 17.6. The number of benzene rings is 1. The van der Waals surface area contributed by atoms with Gasteiger partial charge in [0.05, 0.1) is 7.11 Å². The van der Waals surface area contributed by atoms with Crippen molar-refractivity contribution >= 4 is 6.09 Å². The Labute approximate surface area is 138 Å². The van der Waals surface area contributed by atoms with E-state index in [1.807, 2.05) is 45.0 Å². The summed E-state index contributed by atoms with van der Waals surface area (Å²) in [7, 11) is 1.66. The zero-order valence-electron chi connectivity index (χ0n) is 14.4. The van der Waals surface area contributed by atoms with E-state index in [2.05, 4.69) is 0 Å². The number of rotatable bonds is 3. The second-order valence-corrected chi connectivity index (χ2v) is 7.01. The van der Waals surface area contributed by atoms with Gasteiger partial charge in [-0.1, -0.05) is 18.2 Å². The van der Waals surface area contributed by atoms with Gasteiger partial charge in [0.25, 0.3) is 0 Å². The highest BCUT2D eigenvalue weighted by atomic mass is 16.6. The summed E-state index contributed by atoms with van der Waals surface area (Å²) in [6, 6.07) is 7.89. The third-order valence-corrected chi connectivity index (χ3v) is 4.16. The lowest BCUT2D eigenvalue weighted by molar-refractivity contribution is 0.0101. The molecule has 0 spiro atoms. The molecule has 1 aromatic rings. The lowest BCUT2D eigenvalue weighted by Gasteiger charge is -2.38. The van der Waals surface area contributed by atoms with Crippen LogP contribution in [0.1, 0.15) is 38.7 Å². The zero-order chi connectivity index (χ0) is 17.0. The summed E-state index contributed by atoms with van der Waals surface area (Å²) in [5.74, 6) is 0.990. The smallest absolute Gasteiger partial charge is 0.410 e. The molecule has 5 heteroatoms. The van der Waals surface area contributed by atoms with Crippen LogP contribution in [0.4, 0.5) is 4.79 Å². The van der Waals surface area contributed by atoms with Gasteiger partial charge in [-0.25, -0.2) is 4.79 Å². The molecule has 5 nitrogen and oxygen atoms in total. The fraction of sp³-hybridized carbons (Fsp3) is 0.611. The van der Waals surface area contributed by atoms with Gasteiger partial charge >= 0.3 is 6.09 Å². The minimum atomic E-state index is -0.509. The molecule has 0 aliphatic carbocycles. The van der Waals surface area contributed by atoms with Crippen LogP contribution in [0, 0.1) is 5.92 Å². The van der Waals surface area contributed by atoms with E-state index >= 15 is 0 Å². The lowest BCUT2D eigenvalue weighted by atomic mass is 9.80. The number of piperidine rings is 1. The third-order valence-electron chi connectivity index (χ3n) is 4.16. The Bertz CT molecular complexity index is 538. The summed E-state index contributed by atoms with van der Waals surface area (Å²) >= 11 is 0. The number of carbonyl (C=O) groups is 1. The van der Waals surface area contributed by atoms with Crippen LogP contribution >= 0.6 is 0 Å². The van der Waals surface area contributed by atoms with Crippen LogP contribution in [0.25, 0.3) is 0 Å². The molecular formula is C18H27NO4. The second kappa shape index (κ2) is 7.21. The van der Waals surface area contributed by atoms with Gasteiger partial charge in [-0.3, -0.25) is 0 Å². The average Bonchev–Trinajstić information content (AvgIpc) is 2.52. The highest BCUT2D eigenvalue weighted by molar-refractivity contribution is 5.68. The van der Waals surface area contributed by atoms with Gasteiger partial charge in [0.1, 0.15) is 11.4 Å². The highest BCUT2D eigenvalue weighted by Crippen LogP contribution is 2.37. The van der Waals surface area contributed by atoms with Crippen molar-refractivity contribution < 1.29 is 19.4 Å². The number of para-hydroxylation sites is 1. The number of likely N-dealkylation sites (tertiary alicyclic amines) is 1. The number of amides is 1. The van der Waals surface area contributed by atoms with E-state index in [0.717, 1.165) is 17.7 Å². The van der Waals surface area contributed by atoms with E-state index < -0.39 is 5.60 Å². The van der Waals surface area contributed by atoms with Crippen LogP contribution in [-0.2, 0) is 4.74 Å². The fourth-order valence-electron chi connectivity index (χ4n) is 3.09. The molecule has 128 valence electrons. The van der Waals surface area contributed by atoms with Gasteiger partial charge in [-0.15, -0.1) is 0 Å². The molecule has 1 heterocycles. The van der Waals surface area contributed by atoms with Crippen molar-refractivity contribution in [3.8, 4) is 5.75 Å². The quantitative estimate of drug-likeness (QED) is 0.929. The van der Waals surface area contributed by atoms with Crippen molar-refractivity contribution in [1.29, 1.82) is 0 Å². The predicted molar refractivity (Wildman–Crippen MR) is 88.7 cm³/mol. The minimum absolute atomic E-state index is 0.0208. The molecule has 1 saturated heterocycles. The fourth-order valence-corrected chi connectivity index (χ4v) is 3.09. The Hall–Kier alpha value is -1.75. The Morgan fingerprint density at radius 3 is 2.65 bits per heavy atom. The van der Waals surface area contributed by atoms with E-state index in [-0.39, 0.29) is 24.5 Å². The maximum atomic E-state index is 12.2. The summed E-state index contributed by atoms with van der Waals surface area (Å²) in [6.45, 7) is 6.71. The number of hydrogen-bond acceptors (Lipinski definition) is 4. The number of hydrogen-bond donors (Lipinski definition) is 1. The van der Waals surface area contributed by atoms with Crippen molar-refractivity contribution in [3.05, 3.63) is 29.8 Å². The molecule has 0 unspecified atom stereocenters. The molecule has 2 rings (SSSR count). The number of ether oxygens (including phenoxy) is 2. The van der Waals surface area contributed by atoms with Gasteiger partial charge in [-0.2, -0.15) is 0 Å². The first-order valence-electron chi connectivity index (χ1n) is 8.07. The van der Waals surface area contributed by atoms with Gasteiger partial charge in [0.2, 0.25) is 0 Å².